The fourth-order valence-corrected chi connectivity index (χ4v) is 3.50. The van der Waals surface area contributed by atoms with Gasteiger partial charge in [-0.1, -0.05) is 6.42 Å². The van der Waals surface area contributed by atoms with Gasteiger partial charge in [-0.2, -0.15) is 0 Å². The van der Waals surface area contributed by atoms with Gasteiger partial charge in [-0.05, 0) is 38.6 Å². The number of nitrogens with zero attached hydrogens (tertiary/aromatic N) is 1. The lowest BCUT2D eigenvalue weighted by atomic mass is 9.99. The fraction of sp³-hybridized carbons (Fsp3) is 0.857. The average molecular weight is 281 g/mol. The zero-order valence-electron chi connectivity index (χ0n) is 11.7. The van der Waals surface area contributed by atoms with Gasteiger partial charge in [-0.3, -0.25) is 9.69 Å². The van der Waals surface area contributed by atoms with Crippen molar-refractivity contribution in [2.75, 3.05) is 19.6 Å². The maximum atomic E-state index is 11.9. The number of fused-ring (bicyclic) bond motifs is 1. The molecule has 6 nitrogen and oxygen atoms in total. The molecular weight excluding hydrogens is 258 g/mol. The number of carboxylic acids is 1. The Kier molecular flexibility index (Phi) is 3.58. The van der Waals surface area contributed by atoms with Crippen molar-refractivity contribution in [2.24, 2.45) is 5.41 Å². The van der Waals surface area contributed by atoms with Crippen LogP contribution in [0.15, 0.2) is 0 Å². The van der Waals surface area contributed by atoms with Gasteiger partial charge in [0.2, 0.25) is 0 Å². The smallest absolute Gasteiger partial charge is 0.315 e. The van der Waals surface area contributed by atoms with Crippen molar-refractivity contribution in [3.63, 3.8) is 0 Å². The number of aliphatic carboxylic acids is 1. The number of amides is 2. The predicted molar refractivity (Wildman–Crippen MR) is 73.5 cm³/mol. The first kappa shape index (κ1) is 13.7. The van der Waals surface area contributed by atoms with Gasteiger partial charge in [0, 0.05) is 25.2 Å². The van der Waals surface area contributed by atoms with Gasteiger partial charge < -0.3 is 15.7 Å². The Bertz CT molecular complexity index is 408. The summed E-state index contributed by atoms with van der Waals surface area (Å²) in [6.45, 7) is 2.45. The largest absolute Gasteiger partial charge is 0.481 e. The van der Waals surface area contributed by atoms with Crippen molar-refractivity contribution in [3.8, 4) is 0 Å². The Balaban J connectivity index is 1.46. The van der Waals surface area contributed by atoms with Crippen LogP contribution < -0.4 is 10.6 Å². The minimum atomic E-state index is -0.794. The van der Waals surface area contributed by atoms with Crippen LogP contribution >= 0.6 is 0 Å². The fourth-order valence-electron chi connectivity index (χ4n) is 3.50. The summed E-state index contributed by atoms with van der Waals surface area (Å²) < 4.78 is 0. The first-order chi connectivity index (χ1) is 9.61. The molecule has 2 saturated heterocycles. The molecule has 0 bridgehead atoms. The molecule has 0 spiro atoms. The summed E-state index contributed by atoms with van der Waals surface area (Å²) in [6.07, 6.45) is 6.00. The zero-order valence-corrected chi connectivity index (χ0v) is 11.7. The second-order valence-corrected chi connectivity index (χ2v) is 6.41. The molecule has 2 heterocycles. The van der Waals surface area contributed by atoms with E-state index < -0.39 is 11.4 Å². The van der Waals surface area contributed by atoms with Crippen LogP contribution in [0.4, 0.5) is 4.79 Å². The number of rotatable bonds is 4. The summed E-state index contributed by atoms with van der Waals surface area (Å²) in [6, 6.07) is 0.481. The average Bonchev–Trinajstić information content (AvgIpc) is 3.14. The molecule has 3 rings (SSSR count). The van der Waals surface area contributed by atoms with Crippen molar-refractivity contribution >= 4 is 12.0 Å². The molecule has 6 heteroatoms. The molecule has 20 heavy (non-hydrogen) atoms. The highest BCUT2D eigenvalue weighted by Crippen LogP contribution is 2.45. The summed E-state index contributed by atoms with van der Waals surface area (Å²) >= 11 is 0. The molecule has 1 aliphatic carbocycles. The summed E-state index contributed by atoms with van der Waals surface area (Å²) in [7, 11) is 0. The molecule has 3 aliphatic rings. The lowest BCUT2D eigenvalue weighted by Gasteiger charge is -2.32. The molecule has 0 aromatic rings. The highest BCUT2D eigenvalue weighted by atomic mass is 16.4. The van der Waals surface area contributed by atoms with Crippen molar-refractivity contribution in [3.05, 3.63) is 0 Å². The second kappa shape index (κ2) is 5.24. The van der Waals surface area contributed by atoms with E-state index in [0.29, 0.717) is 18.9 Å². The molecular formula is C14H23N3O3. The van der Waals surface area contributed by atoms with Crippen LogP contribution in [-0.4, -0.2) is 53.7 Å². The molecule has 112 valence electrons. The van der Waals surface area contributed by atoms with Gasteiger partial charge >= 0.3 is 12.0 Å². The van der Waals surface area contributed by atoms with E-state index in [1.807, 2.05) is 0 Å². The van der Waals surface area contributed by atoms with Gasteiger partial charge in [0.15, 0.2) is 0 Å². The van der Waals surface area contributed by atoms with Gasteiger partial charge in [0.1, 0.15) is 0 Å². The highest BCUT2D eigenvalue weighted by molar-refractivity contribution is 5.80. The molecule has 3 N–H and O–H groups in total. The quantitative estimate of drug-likeness (QED) is 0.711. The number of carbonyl (C=O) groups excluding carboxylic acids is 1. The van der Waals surface area contributed by atoms with Crippen LogP contribution in [-0.2, 0) is 4.79 Å². The first-order valence-electron chi connectivity index (χ1n) is 7.63. The summed E-state index contributed by atoms with van der Waals surface area (Å²) in [5.74, 6) is -0.794. The normalized spacial score (nSPS) is 31.4. The molecule has 0 aromatic carbocycles. The third-order valence-corrected chi connectivity index (χ3v) is 5.07. The topological polar surface area (TPSA) is 81.7 Å². The van der Waals surface area contributed by atoms with Gasteiger partial charge in [0.05, 0.1) is 5.41 Å². The molecule has 1 saturated carbocycles. The van der Waals surface area contributed by atoms with Crippen molar-refractivity contribution in [1.82, 2.24) is 15.5 Å². The Labute approximate surface area is 118 Å². The Hall–Kier alpha value is -1.30. The van der Waals surface area contributed by atoms with Gasteiger partial charge in [0.25, 0.3) is 0 Å². The molecule has 2 aliphatic heterocycles. The molecule has 2 unspecified atom stereocenters. The zero-order chi connectivity index (χ0) is 14.2. The van der Waals surface area contributed by atoms with E-state index in [-0.39, 0.29) is 18.6 Å². The maximum absolute atomic E-state index is 11.9. The predicted octanol–water partition coefficient (Wildman–Crippen LogP) is 0.777. The lowest BCUT2D eigenvalue weighted by molar-refractivity contribution is -0.143. The summed E-state index contributed by atoms with van der Waals surface area (Å²) in [5, 5.41) is 14.8. The summed E-state index contributed by atoms with van der Waals surface area (Å²) in [5.41, 5.74) is -0.691. The van der Waals surface area contributed by atoms with E-state index in [1.54, 1.807) is 0 Å². The van der Waals surface area contributed by atoms with Crippen molar-refractivity contribution in [1.29, 1.82) is 0 Å². The molecule has 0 radical (unpaired) electrons. The first-order valence-corrected chi connectivity index (χ1v) is 7.63. The minimum absolute atomic E-state index is 0.213. The van der Waals surface area contributed by atoms with E-state index in [2.05, 4.69) is 15.5 Å². The van der Waals surface area contributed by atoms with Crippen LogP contribution in [0, 0.1) is 5.41 Å². The minimum Gasteiger partial charge on any atom is -0.481 e. The maximum Gasteiger partial charge on any atom is 0.315 e. The second-order valence-electron chi connectivity index (χ2n) is 6.41. The Morgan fingerprint density at radius 2 is 2.00 bits per heavy atom. The van der Waals surface area contributed by atoms with E-state index >= 15 is 0 Å². The van der Waals surface area contributed by atoms with E-state index in [0.717, 1.165) is 25.9 Å². The van der Waals surface area contributed by atoms with Crippen LogP contribution in [0.25, 0.3) is 0 Å². The van der Waals surface area contributed by atoms with Crippen LogP contribution in [0.2, 0.25) is 0 Å². The third-order valence-electron chi connectivity index (χ3n) is 5.07. The number of carbonyl (C=O) groups is 2. The Morgan fingerprint density at radius 1 is 1.20 bits per heavy atom. The van der Waals surface area contributed by atoms with Crippen molar-refractivity contribution < 1.29 is 14.7 Å². The molecule has 2 atom stereocenters. The van der Waals surface area contributed by atoms with E-state index in [1.165, 1.54) is 12.8 Å². The monoisotopic (exact) mass is 281 g/mol. The lowest BCUT2D eigenvalue weighted by Crippen LogP contribution is -2.50. The number of hydrogen-bond donors (Lipinski definition) is 3. The number of piperidine rings is 1. The summed E-state index contributed by atoms with van der Waals surface area (Å²) in [4.78, 5) is 25.5. The van der Waals surface area contributed by atoms with Crippen LogP contribution in [0.1, 0.15) is 38.5 Å². The standard InChI is InChI=1S/C14H23N3O3/c18-12(19)14(5-6-14)9-15-13(20)16-10-4-8-17-7-2-1-3-11(10)17/h10-11H,1-9H2,(H,18,19)(H2,15,16,20). The molecule has 3 fully saturated rings. The van der Waals surface area contributed by atoms with Crippen molar-refractivity contribution in [2.45, 2.75) is 50.6 Å². The molecule has 0 aromatic heterocycles. The number of nitrogens with one attached hydrogen (secondary N) is 2. The van der Waals surface area contributed by atoms with Gasteiger partial charge in [-0.15, -0.1) is 0 Å². The third kappa shape index (κ3) is 2.61. The van der Waals surface area contributed by atoms with E-state index in [9.17, 15) is 9.59 Å². The van der Waals surface area contributed by atoms with Crippen LogP contribution in [0.3, 0.4) is 0 Å². The number of hydrogen-bond acceptors (Lipinski definition) is 3. The molecule has 2 amide bonds. The van der Waals surface area contributed by atoms with Gasteiger partial charge in [-0.25, -0.2) is 4.79 Å². The number of carboxylic acid groups (broad SMARTS) is 1. The number of urea groups is 1. The SMILES string of the molecule is O=C(NCC1(C(=O)O)CC1)NC1CCN2CCCCC12. The Morgan fingerprint density at radius 3 is 2.70 bits per heavy atom. The van der Waals surface area contributed by atoms with Crippen LogP contribution in [0.5, 0.6) is 0 Å². The highest BCUT2D eigenvalue weighted by Gasteiger charge is 2.50. The van der Waals surface area contributed by atoms with E-state index in [4.69, 9.17) is 5.11 Å².